The molecule has 0 bridgehead atoms. The highest BCUT2D eigenvalue weighted by Crippen LogP contribution is 2.33. The molecule has 1 aliphatic rings. The van der Waals surface area contributed by atoms with E-state index in [2.05, 4.69) is 28.2 Å². The molecule has 20 heavy (non-hydrogen) atoms. The van der Waals surface area contributed by atoms with Gasteiger partial charge in [0.2, 0.25) is 0 Å². The number of rotatable bonds is 5. The molecule has 1 aromatic rings. The van der Waals surface area contributed by atoms with E-state index in [0.717, 1.165) is 38.8 Å². The molecule has 1 heterocycles. The molecule has 2 nitrogen and oxygen atoms in total. The lowest BCUT2D eigenvalue weighted by molar-refractivity contribution is -0.00886. The average Bonchev–Trinajstić information content (AvgIpc) is 2.45. The predicted molar refractivity (Wildman–Crippen MR) is 83.7 cm³/mol. The van der Waals surface area contributed by atoms with Crippen molar-refractivity contribution in [1.29, 1.82) is 0 Å². The van der Waals surface area contributed by atoms with E-state index in [4.69, 9.17) is 16.3 Å². The summed E-state index contributed by atoms with van der Waals surface area (Å²) in [6.45, 7) is 3.68. The maximum Gasteiger partial charge on any atom is 0.129 e. The zero-order valence-corrected chi connectivity index (χ0v) is 13.9. The van der Waals surface area contributed by atoms with Crippen molar-refractivity contribution in [3.05, 3.63) is 33.0 Å². The van der Waals surface area contributed by atoms with Crippen LogP contribution >= 0.6 is 27.5 Å². The van der Waals surface area contributed by atoms with Crippen LogP contribution in [0.25, 0.3) is 0 Å². The largest absolute Gasteiger partial charge is 0.376 e. The first kappa shape index (κ1) is 16.2. The van der Waals surface area contributed by atoms with Crippen molar-refractivity contribution in [3.63, 3.8) is 0 Å². The first-order valence-electron chi connectivity index (χ1n) is 7.13. The highest BCUT2D eigenvalue weighted by molar-refractivity contribution is 9.10. The molecule has 0 spiro atoms. The summed E-state index contributed by atoms with van der Waals surface area (Å²) in [6, 6.07) is 2.99. The van der Waals surface area contributed by atoms with Crippen LogP contribution in [0.2, 0.25) is 5.02 Å². The lowest BCUT2D eigenvalue weighted by Gasteiger charge is -2.32. The molecule has 0 radical (unpaired) electrons. The second kappa shape index (κ2) is 7.74. The Morgan fingerprint density at radius 1 is 1.50 bits per heavy atom. The Bertz CT molecular complexity index is 452. The van der Waals surface area contributed by atoms with Crippen molar-refractivity contribution in [2.75, 3.05) is 13.2 Å². The number of hydrogen-bond acceptors (Lipinski definition) is 2. The number of nitrogens with one attached hydrogen (secondary N) is 1. The van der Waals surface area contributed by atoms with Crippen LogP contribution in [-0.4, -0.2) is 19.3 Å². The zero-order valence-electron chi connectivity index (χ0n) is 11.6. The minimum absolute atomic E-state index is 0.0158. The highest BCUT2D eigenvalue weighted by Gasteiger charge is 2.28. The molecule has 0 aliphatic carbocycles. The second-order valence-corrected chi connectivity index (χ2v) is 6.39. The fraction of sp³-hybridized carbons (Fsp3) is 0.600. The highest BCUT2D eigenvalue weighted by atomic mass is 79.9. The van der Waals surface area contributed by atoms with Gasteiger partial charge in [-0.25, -0.2) is 4.39 Å². The van der Waals surface area contributed by atoms with Gasteiger partial charge in [0.05, 0.1) is 17.2 Å². The monoisotopic (exact) mass is 363 g/mol. The van der Waals surface area contributed by atoms with Gasteiger partial charge >= 0.3 is 0 Å². The molecule has 112 valence electrons. The summed E-state index contributed by atoms with van der Waals surface area (Å²) in [4.78, 5) is 0. The van der Waals surface area contributed by atoms with E-state index in [1.54, 1.807) is 6.07 Å². The summed E-state index contributed by atoms with van der Waals surface area (Å²) in [5.41, 5.74) is 0.596. The van der Waals surface area contributed by atoms with Gasteiger partial charge in [0.1, 0.15) is 5.82 Å². The molecule has 1 N–H and O–H groups in total. The zero-order chi connectivity index (χ0) is 14.5. The van der Waals surface area contributed by atoms with Gasteiger partial charge in [0, 0.05) is 16.6 Å². The van der Waals surface area contributed by atoms with E-state index in [1.165, 1.54) is 6.07 Å². The SMILES string of the molecule is CCCNC(c1cc(Cl)c(Br)cc1F)C1CCCCO1. The Hall–Kier alpha value is -0.160. The van der Waals surface area contributed by atoms with Gasteiger partial charge in [-0.05, 0) is 60.3 Å². The van der Waals surface area contributed by atoms with E-state index < -0.39 is 0 Å². The molecule has 0 amide bonds. The third kappa shape index (κ3) is 3.94. The molecule has 1 saturated heterocycles. The van der Waals surface area contributed by atoms with Crippen LogP contribution in [0, 0.1) is 5.82 Å². The standard InChI is InChI=1S/C15H20BrClFNO/c1-2-6-19-15(14-5-3-4-7-20-14)10-8-12(17)11(16)9-13(10)18/h8-9,14-15,19H,2-7H2,1H3. The molecule has 0 aromatic heterocycles. The van der Waals surface area contributed by atoms with E-state index >= 15 is 0 Å². The summed E-state index contributed by atoms with van der Waals surface area (Å²) < 4.78 is 20.7. The van der Waals surface area contributed by atoms with Gasteiger partial charge in [-0.3, -0.25) is 0 Å². The van der Waals surface area contributed by atoms with Crippen molar-refractivity contribution in [2.45, 2.75) is 44.8 Å². The molecule has 1 fully saturated rings. The van der Waals surface area contributed by atoms with Crippen molar-refractivity contribution in [2.24, 2.45) is 0 Å². The minimum atomic E-state index is -0.246. The average molecular weight is 365 g/mol. The minimum Gasteiger partial charge on any atom is -0.376 e. The fourth-order valence-corrected chi connectivity index (χ4v) is 3.03. The maximum atomic E-state index is 14.3. The van der Waals surface area contributed by atoms with E-state index in [9.17, 15) is 4.39 Å². The Labute approximate surface area is 133 Å². The number of benzene rings is 1. The van der Waals surface area contributed by atoms with Crippen molar-refractivity contribution < 1.29 is 9.13 Å². The Kier molecular flexibility index (Phi) is 6.27. The van der Waals surface area contributed by atoms with Crippen molar-refractivity contribution in [1.82, 2.24) is 5.32 Å². The smallest absolute Gasteiger partial charge is 0.129 e. The summed E-state index contributed by atoms with van der Waals surface area (Å²) in [5.74, 6) is -0.246. The first-order valence-corrected chi connectivity index (χ1v) is 8.30. The van der Waals surface area contributed by atoms with Gasteiger partial charge in [-0.15, -0.1) is 0 Å². The summed E-state index contributed by atoms with van der Waals surface area (Å²) in [7, 11) is 0. The Morgan fingerprint density at radius 3 is 2.95 bits per heavy atom. The van der Waals surface area contributed by atoms with E-state index in [1.807, 2.05) is 0 Å². The quantitative estimate of drug-likeness (QED) is 0.754. The second-order valence-electron chi connectivity index (χ2n) is 5.12. The van der Waals surface area contributed by atoms with Crippen molar-refractivity contribution in [3.8, 4) is 0 Å². The summed E-state index contributed by atoms with van der Waals surface area (Å²) in [6.07, 6.45) is 4.17. The Morgan fingerprint density at radius 2 is 2.30 bits per heavy atom. The van der Waals surface area contributed by atoms with Crippen LogP contribution < -0.4 is 5.32 Å². The summed E-state index contributed by atoms with van der Waals surface area (Å²) >= 11 is 9.38. The van der Waals surface area contributed by atoms with Crippen molar-refractivity contribution >= 4 is 27.5 Å². The fourth-order valence-electron chi connectivity index (χ4n) is 2.55. The number of halogens is 3. The molecule has 1 aromatic carbocycles. The molecule has 2 atom stereocenters. The van der Waals surface area contributed by atoms with Crippen LogP contribution in [0.15, 0.2) is 16.6 Å². The van der Waals surface area contributed by atoms with Gasteiger partial charge in [0.25, 0.3) is 0 Å². The van der Waals surface area contributed by atoms with Gasteiger partial charge < -0.3 is 10.1 Å². The van der Waals surface area contributed by atoms with Crippen LogP contribution in [0.5, 0.6) is 0 Å². The maximum absolute atomic E-state index is 14.3. The normalized spacial score (nSPS) is 20.9. The molecule has 1 aliphatic heterocycles. The first-order chi connectivity index (χ1) is 9.63. The van der Waals surface area contributed by atoms with Gasteiger partial charge in [-0.1, -0.05) is 18.5 Å². The van der Waals surface area contributed by atoms with Crippen LogP contribution in [0.1, 0.15) is 44.2 Å². The Balaban J connectivity index is 2.27. The molecular formula is C15H20BrClFNO. The lowest BCUT2D eigenvalue weighted by Crippen LogP contribution is -2.37. The molecule has 5 heteroatoms. The van der Waals surface area contributed by atoms with E-state index in [0.29, 0.717) is 15.1 Å². The third-order valence-electron chi connectivity index (χ3n) is 3.58. The van der Waals surface area contributed by atoms with Crippen LogP contribution in [0.4, 0.5) is 4.39 Å². The van der Waals surface area contributed by atoms with Crippen LogP contribution in [-0.2, 0) is 4.74 Å². The molecule has 2 rings (SSSR count). The molecule has 0 saturated carbocycles. The summed E-state index contributed by atoms with van der Waals surface area (Å²) in [5, 5.41) is 3.93. The number of hydrogen-bond donors (Lipinski definition) is 1. The molecular weight excluding hydrogens is 345 g/mol. The van der Waals surface area contributed by atoms with Gasteiger partial charge in [0.15, 0.2) is 0 Å². The van der Waals surface area contributed by atoms with Crippen LogP contribution in [0.3, 0.4) is 0 Å². The molecule has 2 unspecified atom stereocenters. The predicted octanol–water partition coefficient (Wildman–Crippen LogP) is 4.85. The van der Waals surface area contributed by atoms with E-state index in [-0.39, 0.29) is 18.0 Å². The topological polar surface area (TPSA) is 21.3 Å². The third-order valence-corrected chi connectivity index (χ3v) is 4.77. The van der Waals surface area contributed by atoms with Gasteiger partial charge in [-0.2, -0.15) is 0 Å². The lowest BCUT2D eigenvalue weighted by atomic mass is 9.95. The number of ether oxygens (including phenoxy) is 1.